The van der Waals surface area contributed by atoms with Crippen LogP contribution >= 0.6 is 0 Å². The van der Waals surface area contributed by atoms with Gasteiger partial charge in [-0.2, -0.15) is 0 Å². The van der Waals surface area contributed by atoms with Gasteiger partial charge in [0.05, 0.1) is 11.5 Å². The Kier molecular flexibility index (Phi) is 5.67. The number of aryl methyl sites for hydroxylation is 2. The highest BCUT2D eigenvalue weighted by molar-refractivity contribution is 7.91. The van der Waals surface area contributed by atoms with Crippen molar-refractivity contribution < 1.29 is 17.7 Å². The van der Waals surface area contributed by atoms with E-state index in [4.69, 9.17) is 4.52 Å². The number of anilines is 1. The van der Waals surface area contributed by atoms with Crippen molar-refractivity contribution >= 4 is 21.4 Å². The van der Waals surface area contributed by atoms with Gasteiger partial charge in [0.2, 0.25) is 0 Å². The fourth-order valence-corrected chi connectivity index (χ4v) is 5.17. The summed E-state index contributed by atoms with van der Waals surface area (Å²) in [5.41, 5.74) is 2.84. The van der Waals surface area contributed by atoms with Crippen molar-refractivity contribution in [2.24, 2.45) is 0 Å². The zero-order valence-corrected chi connectivity index (χ0v) is 16.7. The zero-order chi connectivity index (χ0) is 19.6. The van der Waals surface area contributed by atoms with Crippen molar-refractivity contribution in [1.29, 1.82) is 0 Å². The second-order valence-corrected chi connectivity index (χ2v) is 9.20. The van der Waals surface area contributed by atoms with E-state index < -0.39 is 9.84 Å². The molecular weight excluding hydrogens is 366 g/mol. The SMILES string of the molecule is CCN(Cc1ccc(C(=O)Nc2c(C)noc2C)cc1)C1CCS(=O)(=O)C1. The summed E-state index contributed by atoms with van der Waals surface area (Å²) in [6.45, 7) is 7.02. The number of hydrogen-bond acceptors (Lipinski definition) is 6. The maximum absolute atomic E-state index is 12.4. The lowest BCUT2D eigenvalue weighted by molar-refractivity contribution is 0.102. The molecule has 2 aromatic rings. The molecule has 0 spiro atoms. The summed E-state index contributed by atoms with van der Waals surface area (Å²) in [5.74, 6) is 0.862. The number of amides is 1. The molecule has 1 N–H and O–H groups in total. The minimum absolute atomic E-state index is 0.0718. The third-order valence-electron chi connectivity index (χ3n) is 5.00. The molecule has 1 amide bonds. The molecule has 1 aromatic carbocycles. The number of nitrogens with zero attached hydrogens (tertiary/aromatic N) is 2. The summed E-state index contributed by atoms with van der Waals surface area (Å²) >= 11 is 0. The van der Waals surface area contributed by atoms with Crippen LogP contribution in [0.3, 0.4) is 0 Å². The largest absolute Gasteiger partial charge is 0.359 e. The average Bonchev–Trinajstić information content (AvgIpc) is 3.16. The maximum Gasteiger partial charge on any atom is 0.255 e. The molecule has 7 nitrogen and oxygen atoms in total. The summed E-state index contributed by atoms with van der Waals surface area (Å²) in [6, 6.07) is 7.45. The Bertz CT molecular complexity index is 899. The first-order valence-electron chi connectivity index (χ1n) is 9.06. The van der Waals surface area contributed by atoms with Gasteiger partial charge in [-0.1, -0.05) is 24.2 Å². The van der Waals surface area contributed by atoms with E-state index in [0.717, 1.165) is 12.1 Å². The Morgan fingerprint density at radius 1 is 1.30 bits per heavy atom. The van der Waals surface area contributed by atoms with Gasteiger partial charge in [0.1, 0.15) is 11.4 Å². The van der Waals surface area contributed by atoms with Crippen molar-refractivity contribution in [3.63, 3.8) is 0 Å². The second kappa shape index (κ2) is 7.82. The maximum atomic E-state index is 12.4. The number of hydrogen-bond donors (Lipinski definition) is 1. The molecule has 0 aliphatic carbocycles. The predicted molar refractivity (Wildman–Crippen MR) is 104 cm³/mol. The predicted octanol–water partition coefficient (Wildman–Crippen LogP) is 2.55. The van der Waals surface area contributed by atoms with E-state index in [1.807, 2.05) is 19.1 Å². The van der Waals surface area contributed by atoms with Gasteiger partial charge in [-0.3, -0.25) is 9.69 Å². The number of carbonyl (C=O) groups is 1. The summed E-state index contributed by atoms with van der Waals surface area (Å²) in [5, 5.41) is 6.66. The normalized spacial score (nSPS) is 18.7. The van der Waals surface area contributed by atoms with Crippen LogP contribution < -0.4 is 5.32 Å². The molecule has 1 aromatic heterocycles. The quantitative estimate of drug-likeness (QED) is 0.814. The number of carbonyl (C=O) groups excluding carboxylic acids is 1. The first-order chi connectivity index (χ1) is 12.8. The van der Waals surface area contributed by atoms with E-state index in [2.05, 4.69) is 15.4 Å². The number of sulfone groups is 1. The smallest absolute Gasteiger partial charge is 0.255 e. The second-order valence-electron chi connectivity index (χ2n) is 6.97. The highest BCUT2D eigenvalue weighted by Gasteiger charge is 2.31. The minimum Gasteiger partial charge on any atom is -0.359 e. The topological polar surface area (TPSA) is 92.5 Å². The molecule has 1 fully saturated rings. The van der Waals surface area contributed by atoms with Crippen LogP contribution in [0.2, 0.25) is 0 Å². The molecule has 1 aliphatic rings. The molecule has 1 unspecified atom stereocenters. The van der Waals surface area contributed by atoms with Crippen LogP contribution in [0.4, 0.5) is 5.69 Å². The molecule has 1 atom stereocenters. The van der Waals surface area contributed by atoms with E-state index in [1.165, 1.54) is 0 Å². The van der Waals surface area contributed by atoms with Gasteiger partial charge in [0, 0.05) is 18.2 Å². The van der Waals surface area contributed by atoms with E-state index >= 15 is 0 Å². The zero-order valence-electron chi connectivity index (χ0n) is 15.9. The lowest BCUT2D eigenvalue weighted by Gasteiger charge is -2.26. The third kappa shape index (κ3) is 4.56. The summed E-state index contributed by atoms with van der Waals surface area (Å²) < 4.78 is 28.5. The number of aromatic nitrogens is 1. The lowest BCUT2D eigenvalue weighted by Crippen LogP contribution is -2.35. The Balaban J connectivity index is 1.65. The molecule has 146 valence electrons. The third-order valence-corrected chi connectivity index (χ3v) is 6.76. The van der Waals surface area contributed by atoms with E-state index in [-0.39, 0.29) is 23.5 Å². The standard InChI is InChI=1S/C19H25N3O4S/c1-4-22(17-9-10-27(24,25)12-17)11-15-5-7-16(8-6-15)19(23)20-18-13(2)21-26-14(18)3/h5-8,17H,4,9-12H2,1-3H3,(H,20,23). The van der Waals surface area contributed by atoms with Crippen molar-refractivity contribution in [2.75, 3.05) is 23.4 Å². The molecule has 0 saturated carbocycles. The van der Waals surface area contributed by atoms with Crippen LogP contribution in [0.15, 0.2) is 28.8 Å². The van der Waals surface area contributed by atoms with Crippen molar-refractivity contribution in [3.05, 3.63) is 46.8 Å². The van der Waals surface area contributed by atoms with Crippen molar-refractivity contribution in [3.8, 4) is 0 Å². The van der Waals surface area contributed by atoms with Crippen molar-refractivity contribution in [1.82, 2.24) is 10.1 Å². The van der Waals surface area contributed by atoms with Crippen LogP contribution in [0, 0.1) is 13.8 Å². The molecule has 3 rings (SSSR count). The lowest BCUT2D eigenvalue weighted by atomic mass is 10.1. The minimum atomic E-state index is -2.90. The summed E-state index contributed by atoms with van der Waals surface area (Å²) in [4.78, 5) is 14.6. The van der Waals surface area contributed by atoms with Gasteiger partial charge in [0.15, 0.2) is 15.6 Å². The highest BCUT2D eigenvalue weighted by atomic mass is 32.2. The fraction of sp³-hybridized carbons (Fsp3) is 0.474. The molecule has 2 heterocycles. The molecule has 0 bridgehead atoms. The molecule has 8 heteroatoms. The van der Waals surface area contributed by atoms with E-state index in [0.29, 0.717) is 35.7 Å². The van der Waals surface area contributed by atoms with Gasteiger partial charge in [-0.05, 0) is 44.5 Å². The number of nitrogens with one attached hydrogen (secondary N) is 1. The molecular formula is C19H25N3O4S. The fourth-order valence-electron chi connectivity index (χ4n) is 3.41. The van der Waals surface area contributed by atoms with Crippen molar-refractivity contribution in [2.45, 2.75) is 39.8 Å². The molecule has 1 aliphatic heterocycles. The first-order valence-corrected chi connectivity index (χ1v) is 10.9. The Morgan fingerprint density at radius 3 is 2.52 bits per heavy atom. The summed E-state index contributed by atoms with van der Waals surface area (Å²) in [6.07, 6.45) is 0.689. The van der Waals surface area contributed by atoms with Crippen LogP contribution in [0.25, 0.3) is 0 Å². The monoisotopic (exact) mass is 391 g/mol. The van der Waals surface area contributed by atoms with Crippen LogP contribution in [-0.2, 0) is 16.4 Å². The van der Waals surface area contributed by atoms with Gasteiger partial charge in [-0.15, -0.1) is 0 Å². The van der Waals surface area contributed by atoms with Gasteiger partial charge in [-0.25, -0.2) is 8.42 Å². The van der Waals surface area contributed by atoms with E-state index in [9.17, 15) is 13.2 Å². The van der Waals surface area contributed by atoms with Gasteiger partial charge < -0.3 is 9.84 Å². The first kappa shape index (κ1) is 19.6. The Morgan fingerprint density at radius 2 is 2.00 bits per heavy atom. The number of rotatable bonds is 6. The molecule has 1 saturated heterocycles. The van der Waals surface area contributed by atoms with Crippen LogP contribution in [0.1, 0.15) is 40.7 Å². The Hall–Kier alpha value is -2.19. The van der Waals surface area contributed by atoms with Crippen LogP contribution in [-0.4, -0.2) is 48.5 Å². The van der Waals surface area contributed by atoms with Gasteiger partial charge in [0.25, 0.3) is 5.91 Å². The van der Waals surface area contributed by atoms with Crippen LogP contribution in [0.5, 0.6) is 0 Å². The molecule has 27 heavy (non-hydrogen) atoms. The van der Waals surface area contributed by atoms with Gasteiger partial charge >= 0.3 is 0 Å². The Labute approximate surface area is 159 Å². The number of benzene rings is 1. The highest BCUT2D eigenvalue weighted by Crippen LogP contribution is 2.21. The summed E-state index contributed by atoms with van der Waals surface area (Å²) in [7, 11) is -2.90. The molecule has 0 radical (unpaired) electrons. The average molecular weight is 391 g/mol. The van der Waals surface area contributed by atoms with E-state index in [1.54, 1.807) is 26.0 Å².